The predicted octanol–water partition coefficient (Wildman–Crippen LogP) is 2.75. The molecule has 2 amide bonds. The minimum Gasteiger partial charge on any atom is -0.477 e. The van der Waals surface area contributed by atoms with Crippen molar-refractivity contribution in [2.24, 2.45) is 7.05 Å². The summed E-state index contributed by atoms with van der Waals surface area (Å²) in [6.07, 6.45) is -1.15. The number of hydrogen-bond acceptors (Lipinski definition) is 6. The van der Waals surface area contributed by atoms with E-state index in [1.54, 1.807) is 0 Å². The summed E-state index contributed by atoms with van der Waals surface area (Å²) in [5.41, 5.74) is 4.43. The largest absolute Gasteiger partial charge is 0.477 e. The number of benzene rings is 2. The van der Waals surface area contributed by atoms with Crippen LogP contribution in [0.4, 0.5) is 10.6 Å². The zero-order chi connectivity index (χ0) is 24.5. The molecule has 2 heterocycles. The van der Waals surface area contributed by atoms with E-state index in [1.807, 2.05) is 36.4 Å². The number of anilines is 1. The Kier molecular flexibility index (Phi) is 5.96. The van der Waals surface area contributed by atoms with Gasteiger partial charge in [0, 0.05) is 25.6 Å². The van der Waals surface area contributed by atoms with Gasteiger partial charge in [0.15, 0.2) is 11.9 Å². The maximum absolute atomic E-state index is 12.7. The molecule has 2 aromatic carbocycles. The van der Waals surface area contributed by atoms with Gasteiger partial charge in [0.05, 0.1) is 6.04 Å². The van der Waals surface area contributed by atoms with Gasteiger partial charge in [-0.3, -0.25) is 9.48 Å². The molecule has 1 saturated heterocycles. The van der Waals surface area contributed by atoms with Crippen molar-refractivity contribution in [2.45, 2.75) is 24.5 Å². The van der Waals surface area contributed by atoms with Crippen LogP contribution < -0.4 is 10.6 Å². The molecule has 2 aliphatic rings. The highest BCUT2D eigenvalue weighted by atomic mass is 16.6. The summed E-state index contributed by atoms with van der Waals surface area (Å²) in [6.45, 7) is 0.450. The average Bonchev–Trinajstić information content (AvgIpc) is 3.53. The molecule has 0 radical (unpaired) electrons. The highest BCUT2D eigenvalue weighted by Gasteiger charge is 2.37. The van der Waals surface area contributed by atoms with Crippen LogP contribution in [-0.4, -0.2) is 58.2 Å². The monoisotopic (exact) mass is 476 g/mol. The molecule has 3 N–H and O–H groups in total. The van der Waals surface area contributed by atoms with Crippen LogP contribution >= 0.6 is 0 Å². The van der Waals surface area contributed by atoms with Crippen molar-refractivity contribution in [1.82, 2.24) is 15.1 Å². The van der Waals surface area contributed by atoms with Gasteiger partial charge in [-0.2, -0.15) is 5.10 Å². The highest BCUT2D eigenvalue weighted by Crippen LogP contribution is 2.44. The van der Waals surface area contributed by atoms with E-state index in [-0.39, 0.29) is 30.6 Å². The molecule has 5 rings (SSSR count). The Hall–Kier alpha value is -4.18. The Balaban J connectivity index is 1.20. The van der Waals surface area contributed by atoms with E-state index in [0.29, 0.717) is 6.42 Å². The topological polar surface area (TPSA) is 132 Å². The van der Waals surface area contributed by atoms with Gasteiger partial charge < -0.3 is 25.2 Å². The summed E-state index contributed by atoms with van der Waals surface area (Å²) in [5, 5.41) is 18.4. The van der Waals surface area contributed by atoms with Gasteiger partial charge in [0.2, 0.25) is 0 Å². The summed E-state index contributed by atoms with van der Waals surface area (Å²) >= 11 is 0. The Labute approximate surface area is 200 Å². The van der Waals surface area contributed by atoms with Gasteiger partial charge in [-0.25, -0.2) is 9.59 Å². The van der Waals surface area contributed by atoms with E-state index in [0.717, 1.165) is 26.9 Å². The van der Waals surface area contributed by atoms with Crippen LogP contribution in [0.1, 0.15) is 34.0 Å². The minimum atomic E-state index is -1.16. The average molecular weight is 476 g/mol. The molecule has 180 valence electrons. The first-order chi connectivity index (χ1) is 16.9. The molecule has 10 nitrogen and oxygen atoms in total. The maximum atomic E-state index is 12.7. The third-order valence-electron chi connectivity index (χ3n) is 6.35. The summed E-state index contributed by atoms with van der Waals surface area (Å²) in [5.74, 6) is -1.67. The molecule has 3 aromatic rings. The van der Waals surface area contributed by atoms with Crippen molar-refractivity contribution in [3.8, 4) is 11.1 Å². The second-order valence-electron chi connectivity index (χ2n) is 8.49. The Morgan fingerprint density at radius 3 is 2.40 bits per heavy atom. The van der Waals surface area contributed by atoms with E-state index < -0.39 is 30.1 Å². The molecular formula is C25H24N4O6. The lowest BCUT2D eigenvalue weighted by Crippen LogP contribution is -2.46. The Bertz CT molecular complexity index is 1260. The number of carboxylic acid groups (broad SMARTS) is 1. The lowest BCUT2D eigenvalue weighted by molar-refractivity contribution is -0.125. The quantitative estimate of drug-likeness (QED) is 0.498. The molecule has 0 bridgehead atoms. The number of carboxylic acids is 1. The number of aromatic nitrogens is 2. The van der Waals surface area contributed by atoms with Crippen LogP contribution in [0, 0.1) is 0 Å². The van der Waals surface area contributed by atoms with E-state index in [4.69, 9.17) is 14.6 Å². The number of rotatable bonds is 6. The number of carbonyl (C=O) groups is 3. The van der Waals surface area contributed by atoms with Crippen molar-refractivity contribution in [1.29, 1.82) is 0 Å². The van der Waals surface area contributed by atoms with E-state index >= 15 is 0 Å². The van der Waals surface area contributed by atoms with Gasteiger partial charge in [0.1, 0.15) is 12.3 Å². The van der Waals surface area contributed by atoms with E-state index in [2.05, 4.69) is 27.9 Å². The normalized spacial score (nSPS) is 18.5. The molecule has 1 aliphatic carbocycles. The van der Waals surface area contributed by atoms with E-state index in [1.165, 1.54) is 13.1 Å². The van der Waals surface area contributed by atoms with Crippen molar-refractivity contribution in [3.05, 3.63) is 71.4 Å². The number of carbonyl (C=O) groups excluding carboxylic acids is 2. The Morgan fingerprint density at radius 2 is 1.77 bits per heavy atom. The number of ether oxygens (including phenoxy) is 2. The summed E-state index contributed by atoms with van der Waals surface area (Å²) in [6, 6.07) is 16.8. The van der Waals surface area contributed by atoms with Crippen LogP contribution in [0.3, 0.4) is 0 Å². The fourth-order valence-corrected chi connectivity index (χ4v) is 4.71. The lowest BCUT2D eigenvalue weighted by Gasteiger charge is -2.20. The minimum absolute atomic E-state index is 0.0686. The molecule has 35 heavy (non-hydrogen) atoms. The molecule has 0 spiro atoms. The molecule has 1 aromatic heterocycles. The third-order valence-corrected chi connectivity index (χ3v) is 6.35. The van der Waals surface area contributed by atoms with Gasteiger partial charge in [0.25, 0.3) is 5.91 Å². The summed E-state index contributed by atoms with van der Waals surface area (Å²) in [7, 11) is 1.46. The maximum Gasteiger partial charge on any atom is 0.407 e. The Morgan fingerprint density at radius 1 is 1.11 bits per heavy atom. The van der Waals surface area contributed by atoms with Crippen molar-refractivity contribution in [2.75, 3.05) is 18.5 Å². The molecule has 1 fully saturated rings. The predicted molar refractivity (Wildman–Crippen MR) is 125 cm³/mol. The summed E-state index contributed by atoms with van der Waals surface area (Å²) in [4.78, 5) is 36.5. The number of aryl methyl sites for hydroxylation is 1. The van der Waals surface area contributed by atoms with Gasteiger partial charge in [-0.05, 0) is 28.7 Å². The smallest absolute Gasteiger partial charge is 0.407 e. The highest BCUT2D eigenvalue weighted by molar-refractivity contribution is 5.95. The van der Waals surface area contributed by atoms with Crippen LogP contribution in [-0.2, 0) is 21.3 Å². The van der Waals surface area contributed by atoms with Crippen molar-refractivity contribution in [3.63, 3.8) is 0 Å². The first-order valence-electron chi connectivity index (χ1n) is 11.2. The number of alkyl carbamates (subject to hydrolysis) is 1. The second kappa shape index (κ2) is 9.22. The number of nitrogens with one attached hydrogen (secondary N) is 2. The van der Waals surface area contributed by atoms with Gasteiger partial charge in [-0.15, -0.1) is 0 Å². The first kappa shape index (κ1) is 22.6. The second-order valence-corrected chi connectivity index (χ2v) is 8.49. The van der Waals surface area contributed by atoms with Gasteiger partial charge in [-0.1, -0.05) is 48.5 Å². The molecule has 2 atom stereocenters. The first-order valence-corrected chi connectivity index (χ1v) is 11.2. The zero-order valence-corrected chi connectivity index (χ0v) is 18.9. The summed E-state index contributed by atoms with van der Waals surface area (Å²) < 4.78 is 12.3. The standard InChI is InChI=1S/C25H24N4O6/c1-29-20(24(31)32)12-21(28-29)27-23(30)22-19(10-11-34-22)26-25(33)35-13-18-16-8-4-2-6-14(16)15-7-3-5-9-17(15)18/h2-9,12,18-19,22H,10-11,13H2,1H3,(H,26,33)(H,31,32)(H,27,28,30)/t19-,22+/m1/s1. The molecular weight excluding hydrogens is 452 g/mol. The molecule has 0 saturated carbocycles. The fraction of sp³-hybridized carbons (Fsp3) is 0.280. The van der Waals surface area contributed by atoms with Crippen LogP contribution in [0.2, 0.25) is 0 Å². The number of aromatic carboxylic acids is 1. The number of hydrogen-bond donors (Lipinski definition) is 3. The third kappa shape index (κ3) is 4.35. The van der Waals surface area contributed by atoms with Crippen LogP contribution in [0.5, 0.6) is 0 Å². The number of fused-ring (bicyclic) bond motifs is 3. The zero-order valence-electron chi connectivity index (χ0n) is 18.9. The fourth-order valence-electron chi connectivity index (χ4n) is 4.71. The lowest BCUT2D eigenvalue weighted by atomic mass is 9.98. The number of nitrogens with zero attached hydrogens (tertiary/aromatic N) is 2. The number of amides is 2. The van der Waals surface area contributed by atoms with E-state index in [9.17, 15) is 14.4 Å². The van der Waals surface area contributed by atoms with Crippen molar-refractivity contribution < 1.29 is 29.0 Å². The van der Waals surface area contributed by atoms with Crippen LogP contribution in [0.15, 0.2) is 54.6 Å². The molecule has 0 unspecified atom stereocenters. The van der Waals surface area contributed by atoms with Crippen molar-refractivity contribution >= 4 is 23.8 Å². The SMILES string of the molecule is Cn1nc(NC(=O)[C@H]2OCC[C@H]2NC(=O)OCC2c3ccccc3-c3ccccc32)cc1C(=O)O. The van der Waals surface area contributed by atoms with Crippen LogP contribution in [0.25, 0.3) is 11.1 Å². The molecule has 10 heteroatoms. The molecule has 1 aliphatic heterocycles. The van der Waals surface area contributed by atoms with Gasteiger partial charge >= 0.3 is 12.1 Å².